The molecule has 1 heterocycles. The van der Waals surface area contributed by atoms with Crippen LogP contribution in [0.4, 0.5) is 0 Å². The normalized spacial score (nSPS) is 10.7. The largest absolute Gasteiger partial charge is 0.432 e. The number of aromatic nitrogens is 1. The minimum absolute atomic E-state index is 0.0324. The Morgan fingerprint density at radius 3 is 2.94 bits per heavy atom. The second kappa shape index (κ2) is 3.94. The summed E-state index contributed by atoms with van der Waals surface area (Å²) in [4.78, 5) is 20.5. The van der Waals surface area contributed by atoms with Gasteiger partial charge >= 0.3 is 5.91 Å². The van der Waals surface area contributed by atoms with Crippen molar-refractivity contribution in [2.24, 2.45) is 0 Å². The number of hydrogen-bond donors (Lipinski definition) is 0. The van der Waals surface area contributed by atoms with E-state index in [4.69, 9.17) is 9.25 Å². The van der Waals surface area contributed by atoms with Crippen LogP contribution >= 0.6 is 0 Å². The van der Waals surface area contributed by atoms with E-state index >= 15 is 0 Å². The second-order valence-electron chi connectivity index (χ2n) is 3.48. The first kappa shape index (κ1) is 10.6. The minimum Gasteiger partial charge on any atom is -0.432 e. The average Bonchev–Trinajstić information content (AvgIpc) is 2.69. The van der Waals surface area contributed by atoms with Gasteiger partial charge in [-0.2, -0.15) is 0 Å². The third-order valence-corrected chi connectivity index (χ3v) is 2.29. The lowest BCUT2D eigenvalue weighted by Gasteiger charge is -2.09. The monoisotopic (exact) mass is 220 g/mol. The van der Waals surface area contributed by atoms with E-state index in [1.54, 1.807) is 6.07 Å². The van der Waals surface area contributed by atoms with Crippen molar-refractivity contribution in [3.8, 4) is 0 Å². The smallest absolute Gasteiger partial charge is 0.332 e. The Hall–Kier alpha value is -1.88. The van der Waals surface area contributed by atoms with E-state index in [2.05, 4.69) is 4.98 Å². The Morgan fingerprint density at radius 1 is 1.50 bits per heavy atom. The fraction of sp³-hybridized carbons (Fsp3) is 0.273. The summed E-state index contributed by atoms with van der Waals surface area (Å²) in [5.41, 5.74) is 2.34. The molecule has 0 aliphatic rings. The van der Waals surface area contributed by atoms with Crippen LogP contribution in [0, 0.1) is 6.92 Å². The van der Waals surface area contributed by atoms with Crippen LogP contribution in [0.2, 0.25) is 0 Å². The van der Waals surface area contributed by atoms with Crippen LogP contribution in [0.15, 0.2) is 22.6 Å². The fourth-order valence-electron chi connectivity index (χ4n) is 1.35. The van der Waals surface area contributed by atoms with Crippen molar-refractivity contribution in [1.82, 2.24) is 10.0 Å². The van der Waals surface area contributed by atoms with Gasteiger partial charge in [0.1, 0.15) is 5.52 Å². The molecule has 16 heavy (non-hydrogen) atoms. The highest BCUT2D eigenvalue weighted by Gasteiger charge is 2.18. The molecule has 5 nitrogen and oxygen atoms in total. The van der Waals surface area contributed by atoms with E-state index in [0.717, 1.165) is 10.6 Å². The maximum absolute atomic E-state index is 11.7. The first-order valence-electron chi connectivity index (χ1n) is 4.81. The number of nitrogens with zero attached hydrogens (tertiary/aromatic N) is 2. The molecular weight excluding hydrogens is 208 g/mol. The molecule has 5 heteroatoms. The van der Waals surface area contributed by atoms with Crippen molar-refractivity contribution in [1.29, 1.82) is 0 Å². The van der Waals surface area contributed by atoms with Gasteiger partial charge in [0.15, 0.2) is 5.58 Å². The number of oxazole rings is 1. The third-order valence-electron chi connectivity index (χ3n) is 2.29. The molecule has 0 spiro atoms. The summed E-state index contributed by atoms with van der Waals surface area (Å²) in [6, 6.07) is 5.56. The van der Waals surface area contributed by atoms with E-state index in [0.29, 0.717) is 11.1 Å². The summed E-state index contributed by atoms with van der Waals surface area (Å²) in [5.74, 6) is -0.374. The molecule has 0 radical (unpaired) electrons. The van der Waals surface area contributed by atoms with E-state index in [9.17, 15) is 4.79 Å². The molecular formula is C11H12N2O3. The SMILES string of the molecule is CON(C)C(=O)c1nc2cc(C)ccc2o1. The standard InChI is InChI=1S/C11H12N2O3/c1-7-4-5-9-8(6-7)12-10(16-9)11(14)13(2)15-3/h4-6H,1-3H3. The van der Waals surface area contributed by atoms with Gasteiger partial charge < -0.3 is 4.42 Å². The fourth-order valence-corrected chi connectivity index (χ4v) is 1.35. The summed E-state index contributed by atoms with van der Waals surface area (Å²) >= 11 is 0. The average molecular weight is 220 g/mol. The van der Waals surface area contributed by atoms with E-state index in [1.165, 1.54) is 14.2 Å². The molecule has 0 fully saturated rings. The Morgan fingerprint density at radius 2 is 2.25 bits per heavy atom. The first-order chi connectivity index (χ1) is 7.61. The van der Waals surface area contributed by atoms with Gasteiger partial charge in [-0.1, -0.05) is 6.07 Å². The lowest BCUT2D eigenvalue weighted by atomic mass is 10.2. The molecule has 0 saturated carbocycles. The molecule has 2 rings (SSSR count). The molecule has 0 aliphatic heterocycles. The van der Waals surface area contributed by atoms with Crippen LogP contribution in [0.5, 0.6) is 0 Å². The first-order valence-corrected chi connectivity index (χ1v) is 4.81. The number of rotatable bonds is 2. The molecule has 0 atom stereocenters. The van der Waals surface area contributed by atoms with Gasteiger partial charge in [-0.25, -0.2) is 10.0 Å². The number of benzene rings is 1. The summed E-state index contributed by atoms with van der Waals surface area (Å²) in [6.45, 7) is 1.96. The van der Waals surface area contributed by atoms with Crippen LogP contribution in [-0.2, 0) is 4.84 Å². The third kappa shape index (κ3) is 1.77. The molecule has 1 aromatic carbocycles. The summed E-state index contributed by atoms with van der Waals surface area (Å²) < 4.78 is 5.33. The predicted molar refractivity (Wildman–Crippen MR) is 57.8 cm³/mol. The maximum Gasteiger partial charge on any atom is 0.332 e. The molecule has 0 bridgehead atoms. The highest BCUT2D eigenvalue weighted by atomic mass is 16.7. The van der Waals surface area contributed by atoms with Crippen molar-refractivity contribution in [2.45, 2.75) is 6.92 Å². The number of amides is 1. The summed E-state index contributed by atoms with van der Waals surface area (Å²) in [5, 5.41) is 1.07. The van der Waals surface area contributed by atoms with Crippen molar-refractivity contribution >= 4 is 17.0 Å². The van der Waals surface area contributed by atoms with Crippen molar-refractivity contribution in [3.05, 3.63) is 29.7 Å². The number of carbonyl (C=O) groups is 1. The van der Waals surface area contributed by atoms with E-state index < -0.39 is 5.91 Å². The molecule has 1 aromatic heterocycles. The zero-order chi connectivity index (χ0) is 11.7. The molecule has 0 aliphatic carbocycles. The topological polar surface area (TPSA) is 55.6 Å². The molecule has 0 N–H and O–H groups in total. The van der Waals surface area contributed by atoms with E-state index in [1.807, 2.05) is 19.1 Å². The van der Waals surface area contributed by atoms with Gasteiger partial charge in [-0.05, 0) is 24.6 Å². The van der Waals surface area contributed by atoms with Crippen LogP contribution in [0.1, 0.15) is 16.2 Å². The van der Waals surface area contributed by atoms with Crippen LogP contribution in [0.25, 0.3) is 11.1 Å². The zero-order valence-electron chi connectivity index (χ0n) is 9.35. The van der Waals surface area contributed by atoms with Crippen molar-refractivity contribution in [2.75, 3.05) is 14.2 Å². The summed E-state index contributed by atoms with van der Waals surface area (Å²) in [6.07, 6.45) is 0. The van der Waals surface area contributed by atoms with Crippen molar-refractivity contribution in [3.63, 3.8) is 0 Å². The van der Waals surface area contributed by atoms with Gasteiger partial charge in [0.2, 0.25) is 0 Å². The Balaban J connectivity index is 2.43. The Labute approximate surface area is 92.6 Å². The quantitative estimate of drug-likeness (QED) is 0.724. The molecule has 84 valence electrons. The minimum atomic E-state index is -0.406. The highest BCUT2D eigenvalue weighted by molar-refractivity contribution is 5.91. The number of hydrogen-bond acceptors (Lipinski definition) is 4. The molecule has 1 amide bonds. The highest BCUT2D eigenvalue weighted by Crippen LogP contribution is 2.17. The lowest BCUT2D eigenvalue weighted by molar-refractivity contribution is -0.0776. The van der Waals surface area contributed by atoms with Crippen molar-refractivity contribution < 1.29 is 14.0 Å². The van der Waals surface area contributed by atoms with Gasteiger partial charge in [0, 0.05) is 7.05 Å². The number of carbonyl (C=O) groups excluding carboxylic acids is 1. The number of fused-ring (bicyclic) bond motifs is 1. The molecule has 2 aromatic rings. The van der Waals surface area contributed by atoms with Crippen LogP contribution < -0.4 is 0 Å². The van der Waals surface area contributed by atoms with Gasteiger partial charge in [0.05, 0.1) is 7.11 Å². The number of hydroxylamine groups is 2. The predicted octanol–water partition coefficient (Wildman–Crippen LogP) is 1.77. The molecule has 0 unspecified atom stereocenters. The lowest BCUT2D eigenvalue weighted by Crippen LogP contribution is -2.25. The van der Waals surface area contributed by atoms with Crippen LogP contribution in [-0.4, -0.2) is 30.1 Å². The maximum atomic E-state index is 11.7. The Kier molecular flexibility index (Phi) is 2.62. The number of aryl methyl sites for hydroxylation is 1. The van der Waals surface area contributed by atoms with Gasteiger partial charge in [-0.3, -0.25) is 9.63 Å². The zero-order valence-corrected chi connectivity index (χ0v) is 9.35. The van der Waals surface area contributed by atoms with Gasteiger partial charge in [-0.15, -0.1) is 0 Å². The van der Waals surface area contributed by atoms with Gasteiger partial charge in [0.25, 0.3) is 5.89 Å². The van der Waals surface area contributed by atoms with Crippen LogP contribution in [0.3, 0.4) is 0 Å². The summed E-state index contributed by atoms with van der Waals surface area (Å²) in [7, 11) is 2.91. The second-order valence-corrected chi connectivity index (χ2v) is 3.48. The molecule has 0 saturated heterocycles. The Bertz CT molecular complexity index is 533. The van der Waals surface area contributed by atoms with E-state index in [-0.39, 0.29) is 5.89 Å².